The molecule has 0 unspecified atom stereocenters. The molecule has 0 aromatic rings. The van der Waals surface area contributed by atoms with E-state index >= 15 is 0 Å². The lowest BCUT2D eigenvalue weighted by atomic mass is 9.32. The molecule has 0 N–H and O–H groups in total. The van der Waals surface area contributed by atoms with Crippen LogP contribution < -0.4 is 0 Å². The highest BCUT2D eigenvalue weighted by Crippen LogP contribution is 2.77. The van der Waals surface area contributed by atoms with Crippen molar-refractivity contribution in [2.24, 2.45) is 50.7 Å². The van der Waals surface area contributed by atoms with Crippen molar-refractivity contribution in [3.05, 3.63) is 11.1 Å². The third-order valence-corrected chi connectivity index (χ3v) is 13.0. The maximum Gasteiger partial charge on any atom is 0.138 e. The van der Waals surface area contributed by atoms with E-state index in [2.05, 4.69) is 55.4 Å². The second-order valence-electron chi connectivity index (χ2n) is 14.3. The number of allylic oxidation sites excluding steroid dienone is 2. The van der Waals surface area contributed by atoms with Gasteiger partial charge in [0.05, 0.1) is 0 Å². The van der Waals surface area contributed by atoms with Gasteiger partial charge in [-0.05, 0) is 103 Å². The molecule has 0 aliphatic heterocycles. The highest BCUT2D eigenvalue weighted by molar-refractivity contribution is 5.85. The quantitative estimate of drug-likeness (QED) is 0.386. The fourth-order valence-electron chi connectivity index (χ4n) is 11.1. The molecule has 4 fully saturated rings. The molecule has 0 radical (unpaired) electrons. The molecule has 1 heteroatoms. The Labute approximate surface area is 192 Å². The van der Waals surface area contributed by atoms with Gasteiger partial charge in [-0.15, -0.1) is 0 Å². The summed E-state index contributed by atoms with van der Waals surface area (Å²) in [6, 6.07) is 0. The number of hydrogen-bond donors (Lipinski definition) is 0. The van der Waals surface area contributed by atoms with Crippen LogP contribution in [0.15, 0.2) is 11.1 Å². The van der Waals surface area contributed by atoms with Gasteiger partial charge < -0.3 is 0 Å². The smallest absolute Gasteiger partial charge is 0.138 e. The number of rotatable bonds is 1. The summed E-state index contributed by atoms with van der Waals surface area (Å²) in [5, 5.41) is 0. The average molecular weight is 425 g/mol. The number of hydrogen-bond acceptors (Lipinski definition) is 1. The third kappa shape index (κ3) is 2.53. The first-order valence-corrected chi connectivity index (χ1v) is 13.6. The molecule has 0 aromatic heterocycles. The van der Waals surface area contributed by atoms with Crippen LogP contribution in [0.5, 0.6) is 0 Å². The Hall–Kier alpha value is -0.590. The molecule has 0 bridgehead atoms. The zero-order chi connectivity index (χ0) is 22.6. The minimum absolute atomic E-state index is 0.127. The molecule has 5 aliphatic carbocycles. The van der Waals surface area contributed by atoms with Crippen LogP contribution in [-0.4, -0.2) is 5.78 Å². The van der Waals surface area contributed by atoms with E-state index in [4.69, 9.17) is 0 Å². The fourth-order valence-corrected chi connectivity index (χ4v) is 11.1. The molecule has 0 amide bonds. The first-order valence-electron chi connectivity index (χ1n) is 13.6. The molecule has 0 spiro atoms. The Balaban J connectivity index is 1.55. The molecule has 0 heterocycles. The molecule has 174 valence electrons. The topological polar surface area (TPSA) is 17.1 Å². The maximum atomic E-state index is 12.9. The van der Waals surface area contributed by atoms with Crippen molar-refractivity contribution in [2.45, 2.75) is 120 Å². The van der Waals surface area contributed by atoms with E-state index in [0.717, 1.165) is 30.6 Å². The van der Waals surface area contributed by atoms with Crippen LogP contribution in [0.1, 0.15) is 120 Å². The predicted molar refractivity (Wildman–Crippen MR) is 130 cm³/mol. The van der Waals surface area contributed by atoms with Crippen LogP contribution in [0, 0.1) is 50.7 Å². The van der Waals surface area contributed by atoms with Crippen LogP contribution in [0.25, 0.3) is 0 Å². The molecule has 0 saturated heterocycles. The largest absolute Gasteiger partial charge is 0.299 e. The van der Waals surface area contributed by atoms with Gasteiger partial charge in [-0.2, -0.15) is 0 Å². The van der Waals surface area contributed by atoms with Gasteiger partial charge in [0.1, 0.15) is 5.78 Å². The number of carbonyl (C=O) groups excluding carboxylic acids is 1. The lowest BCUT2D eigenvalue weighted by Crippen LogP contribution is -2.66. The van der Waals surface area contributed by atoms with Crippen LogP contribution in [0.3, 0.4) is 0 Å². The average Bonchev–Trinajstić information content (AvgIpc) is 3.03. The van der Waals surface area contributed by atoms with Gasteiger partial charge in [0.25, 0.3) is 0 Å². The lowest BCUT2D eigenvalue weighted by Gasteiger charge is -2.72. The SMILES string of the molecule is CC(C)C1=C2CC[C@]3(C)[C@H](CC[C@@H]4[C@@]5(C)CCC(=O)C(C)(C)[C@@H]5CC[C@]43C)[C@@]2(C)CC1. The normalized spacial score (nSPS) is 51.3. The van der Waals surface area contributed by atoms with E-state index in [0.29, 0.717) is 33.4 Å². The van der Waals surface area contributed by atoms with Crippen molar-refractivity contribution in [1.82, 2.24) is 0 Å². The van der Waals surface area contributed by atoms with E-state index < -0.39 is 0 Å². The molecule has 0 aromatic carbocycles. The summed E-state index contributed by atoms with van der Waals surface area (Å²) < 4.78 is 0. The first-order chi connectivity index (χ1) is 14.3. The fraction of sp³-hybridized carbons (Fsp3) is 0.900. The number of Topliss-reactive ketones (excluding diaryl/α,β-unsaturated/α-hetero) is 1. The Kier molecular flexibility index (Phi) is 4.66. The first kappa shape index (κ1) is 22.2. The third-order valence-electron chi connectivity index (χ3n) is 13.0. The second kappa shape index (κ2) is 6.50. The van der Waals surface area contributed by atoms with Crippen molar-refractivity contribution < 1.29 is 4.79 Å². The van der Waals surface area contributed by atoms with E-state index in [9.17, 15) is 4.79 Å². The van der Waals surface area contributed by atoms with Gasteiger partial charge in [-0.1, -0.05) is 66.5 Å². The Bertz CT molecular complexity index is 831. The van der Waals surface area contributed by atoms with Crippen LogP contribution in [0.2, 0.25) is 0 Å². The molecule has 1 nitrogen and oxygen atoms in total. The summed E-state index contributed by atoms with van der Waals surface area (Å²) in [5.74, 6) is 3.47. The number of carbonyl (C=O) groups is 1. The monoisotopic (exact) mass is 424 g/mol. The van der Waals surface area contributed by atoms with Gasteiger partial charge >= 0.3 is 0 Å². The predicted octanol–water partition coefficient (Wildman–Crippen LogP) is 8.38. The summed E-state index contributed by atoms with van der Waals surface area (Å²) in [6.45, 7) is 20.1. The molecular weight excluding hydrogens is 376 g/mol. The molecule has 31 heavy (non-hydrogen) atoms. The summed E-state index contributed by atoms with van der Waals surface area (Å²) >= 11 is 0. The highest BCUT2D eigenvalue weighted by Gasteiger charge is 2.69. The Morgan fingerprint density at radius 2 is 1.35 bits per heavy atom. The number of ketones is 1. The van der Waals surface area contributed by atoms with Crippen molar-refractivity contribution in [1.29, 1.82) is 0 Å². The molecule has 5 aliphatic rings. The van der Waals surface area contributed by atoms with Crippen LogP contribution in [0.4, 0.5) is 0 Å². The molecule has 5 rings (SSSR count). The molecule has 4 saturated carbocycles. The standard InChI is InChI=1S/C30H48O/c1-19(2)20-11-15-27(5)21(20)12-17-29(7)23(27)9-10-24-28(6)16-14-25(31)26(3,4)22(28)13-18-30(24,29)8/h19,22-24H,9-18H2,1-8H3/t22-,23+,24+,27-,28-,29+,30+/m0/s1. The van der Waals surface area contributed by atoms with Gasteiger partial charge in [0.2, 0.25) is 0 Å². The maximum absolute atomic E-state index is 12.9. The van der Waals surface area contributed by atoms with E-state index in [1.807, 2.05) is 11.1 Å². The van der Waals surface area contributed by atoms with Gasteiger partial charge in [-0.3, -0.25) is 4.79 Å². The summed E-state index contributed by atoms with van der Waals surface area (Å²) in [4.78, 5) is 12.9. The van der Waals surface area contributed by atoms with Crippen molar-refractivity contribution >= 4 is 5.78 Å². The summed E-state index contributed by atoms with van der Waals surface area (Å²) in [7, 11) is 0. The van der Waals surface area contributed by atoms with Gasteiger partial charge in [0.15, 0.2) is 0 Å². The van der Waals surface area contributed by atoms with Gasteiger partial charge in [-0.25, -0.2) is 0 Å². The summed E-state index contributed by atoms with van der Waals surface area (Å²) in [6.07, 6.45) is 12.9. The van der Waals surface area contributed by atoms with Crippen molar-refractivity contribution in [2.75, 3.05) is 0 Å². The molecular formula is C30H48O. The molecule has 7 atom stereocenters. The Morgan fingerprint density at radius 3 is 2.03 bits per heavy atom. The van der Waals surface area contributed by atoms with Crippen molar-refractivity contribution in [3.8, 4) is 0 Å². The van der Waals surface area contributed by atoms with Crippen LogP contribution >= 0.6 is 0 Å². The van der Waals surface area contributed by atoms with Crippen LogP contribution in [-0.2, 0) is 4.79 Å². The lowest BCUT2D eigenvalue weighted by molar-refractivity contribution is -0.224. The minimum atomic E-state index is -0.127. The minimum Gasteiger partial charge on any atom is -0.299 e. The summed E-state index contributed by atoms with van der Waals surface area (Å²) in [5.41, 5.74) is 5.23. The zero-order valence-corrected chi connectivity index (χ0v) is 21.8. The zero-order valence-electron chi connectivity index (χ0n) is 21.8. The van der Waals surface area contributed by atoms with E-state index in [-0.39, 0.29) is 5.41 Å². The van der Waals surface area contributed by atoms with E-state index in [1.165, 1.54) is 51.4 Å². The van der Waals surface area contributed by atoms with E-state index in [1.54, 1.807) is 0 Å². The second-order valence-corrected chi connectivity index (χ2v) is 14.3. The van der Waals surface area contributed by atoms with Gasteiger partial charge in [0, 0.05) is 11.8 Å². The number of fused-ring (bicyclic) bond motifs is 7. The van der Waals surface area contributed by atoms with Crippen molar-refractivity contribution in [3.63, 3.8) is 0 Å². The Morgan fingerprint density at radius 1 is 0.710 bits per heavy atom. The highest BCUT2D eigenvalue weighted by atomic mass is 16.1.